The van der Waals surface area contributed by atoms with Gasteiger partial charge < -0.3 is 20.0 Å². The van der Waals surface area contributed by atoms with E-state index in [0.29, 0.717) is 6.01 Å². The molecule has 2 N–H and O–H groups in total. The number of urea groups is 1. The zero-order valence-corrected chi connectivity index (χ0v) is 12.3. The van der Waals surface area contributed by atoms with Crippen LogP contribution in [0.3, 0.4) is 0 Å². The molecule has 1 heterocycles. The number of hydrogen-bond donors (Lipinski definition) is 2. The van der Waals surface area contributed by atoms with Crippen LogP contribution in [0.1, 0.15) is 0 Å². The molecule has 3 rings (SSSR count). The fraction of sp³-hybridized carbons (Fsp3) is 0.125. The van der Waals surface area contributed by atoms with Crippen molar-refractivity contribution in [1.82, 2.24) is 9.88 Å². The van der Waals surface area contributed by atoms with Gasteiger partial charge in [-0.1, -0.05) is 12.1 Å². The van der Waals surface area contributed by atoms with Gasteiger partial charge in [0.25, 0.3) is 6.01 Å². The number of amides is 2. The number of carbonyl (C=O) groups excluding carboxylic acids is 1. The summed E-state index contributed by atoms with van der Waals surface area (Å²) in [6.07, 6.45) is 0. The second kappa shape index (κ2) is 5.77. The first-order chi connectivity index (χ1) is 10.6. The highest BCUT2D eigenvalue weighted by atomic mass is 16.4. The Kier molecular flexibility index (Phi) is 3.65. The molecule has 6 nitrogen and oxygen atoms in total. The number of benzene rings is 2. The van der Waals surface area contributed by atoms with Gasteiger partial charge in [-0.05, 0) is 36.4 Å². The van der Waals surface area contributed by atoms with Crippen molar-refractivity contribution in [3.8, 4) is 0 Å². The van der Waals surface area contributed by atoms with Gasteiger partial charge in [-0.25, -0.2) is 4.79 Å². The van der Waals surface area contributed by atoms with E-state index in [1.165, 1.54) is 4.90 Å². The van der Waals surface area contributed by atoms with E-state index in [1.807, 2.05) is 48.5 Å². The molecule has 0 radical (unpaired) electrons. The third-order valence-electron chi connectivity index (χ3n) is 3.09. The second-order valence-corrected chi connectivity index (χ2v) is 5.01. The highest BCUT2D eigenvalue weighted by Gasteiger charge is 2.06. The molecule has 0 aliphatic carbocycles. The van der Waals surface area contributed by atoms with Crippen LogP contribution >= 0.6 is 0 Å². The molecule has 0 saturated carbocycles. The summed E-state index contributed by atoms with van der Waals surface area (Å²) in [6, 6.07) is 15.2. The molecule has 0 saturated heterocycles. The van der Waals surface area contributed by atoms with Crippen LogP contribution in [-0.2, 0) is 0 Å². The summed E-state index contributed by atoms with van der Waals surface area (Å²) in [5.74, 6) is 0. The first kappa shape index (κ1) is 13.9. The molecule has 2 aromatic carbocycles. The van der Waals surface area contributed by atoms with Gasteiger partial charge in [0.1, 0.15) is 5.52 Å². The van der Waals surface area contributed by atoms with E-state index in [0.717, 1.165) is 22.5 Å². The SMILES string of the molecule is CN(C)C(=O)Nc1ccc(Nc2nc3ccccc3o2)cc1. The molecule has 0 unspecified atom stereocenters. The van der Waals surface area contributed by atoms with E-state index in [9.17, 15) is 4.79 Å². The van der Waals surface area contributed by atoms with Gasteiger partial charge >= 0.3 is 6.03 Å². The maximum Gasteiger partial charge on any atom is 0.321 e. The van der Waals surface area contributed by atoms with Crippen LogP contribution in [0, 0.1) is 0 Å². The van der Waals surface area contributed by atoms with Crippen LogP contribution in [0.15, 0.2) is 52.9 Å². The highest BCUT2D eigenvalue weighted by molar-refractivity contribution is 5.89. The van der Waals surface area contributed by atoms with Crippen LogP contribution in [0.4, 0.5) is 22.2 Å². The molecule has 0 spiro atoms. The van der Waals surface area contributed by atoms with Crippen LogP contribution < -0.4 is 10.6 Å². The summed E-state index contributed by atoms with van der Waals surface area (Å²) in [4.78, 5) is 17.4. The van der Waals surface area contributed by atoms with Crippen molar-refractivity contribution in [2.75, 3.05) is 24.7 Å². The number of fused-ring (bicyclic) bond motifs is 1. The number of aromatic nitrogens is 1. The molecular formula is C16H16N4O2. The predicted octanol–water partition coefficient (Wildman–Crippen LogP) is 3.66. The minimum atomic E-state index is -0.167. The lowest BCUT2D eigenvalue weighted by molar-refractivity contribution is 0.230. The van der Waals surface area contributed by atoms with Crippen molar-refractivity contribution in [2.24, 2.45) is 0 Å². The molecule has 6 heteroatoms. The van der Waals surface area contributed by atoms with E-state index in [1.54, 1.807) is 14.1 Å². The molecule has 0 atom stereocenters. The van der Waals surface area contributed by atoms with Crippen molar-refractivity contribution in [3.63, 3.8) is 0 Å². The normalized spacial score (nSPS) is 10.5. The molecule has 0 aliphatic rings. The Hall–Kier alpha value is -3.02. The second-order valence-electron chi connectivity index (χ2n) is 5.01. The van der Waals surface area contributed by atoms with Crippen LogP contribution in [0.5, 0.6) is 0 Å². The molecule has 0 bridgehead atoms. The molecule has 0 fully saturated rings. The molecule has 2 amide bonds. The zero-order valence-electron chi connectivity index (χ0n) is 12.3. The third kappa shape index (κ3) is 3.01. The van der Waals surface area contributed by atoms with Crippen molar-refractivity contribution in [3.05, 3.63) is 48.5 Å². The first-order valence-electron chi connectivity index (χ1n) is 6.83. The Labute approximate surface area is 127 Å². The summed E-state index contributed by atoms with van der Waals surface area (Å²) >= 11 is 0. The average molecular weight is 296 g/mol. The number of rotatable bonds is 3. The fourth-order valence-corrected chi connectivity index (χ4v) is 1.92. The Morgan fingerprint density at radius 3 is 2.41 bits per heavy atom. The van der Waals surface area contributed by atoms with E-state index >= 15 is 0 Å². The molecule has 3 aromatic rings. The fourth-order valence-electron chi connectivity index (χ4n) is 1.92. The zero-order chi connectivity index (χ0) is 15.5. The van der Waals surface area contributed by atoms with Crippen molar-refractivity contribution in [1.29, 1.82) is 0 Å². The minimum absolute atomic E-state index is 0.167. The van der Waals surface area contributed by atoms with Gasteiger partial charge in [-0.3, -0.25) is 0 Å². The molecular weight excluding hydrogens is 280 g/mol. The Bertz CT molecular complexity index is 760. The number of nitrogens with one attached hydrogen (secondary N) is 2. The lowest BCUT2D eigenvalue weighted by Crippen LogP contribution is -2.27. The molecule has 112 valence electrons. The summed E-state index contributed by atoms with van der Waals surface area (Å²) in [5, 5.41) is 5.87. The smallest absolute Gasteiger partial charge is 0.321 e. The maximum absolute atomic E-state index is 11.6. The van der Waals surface area contributed by atoms with E-state index in [2.05, 4.69) is 15.6 Å². The van der Waals surface area contributed by atoms with Gasteiger partial charge in [-0.2, -0.15) is 4.98 Å². The number of para-hydroxylation sites is 2. The Morgan fingerprint density at radius 1 is 1.05 bits per heavy atom. The number of oxazole rings is 1. The lowest BCUT2D eigenvalue weighted by Gasteiger charge is -2.12. The van der Waals surface area contributed by atoms with Gasteiger partial charge in [0.05, 0.1) is 0 Å². The predicted molar refractivity (Wildman–Crippen MR) is 86.4 cm³/mol. The number of anilines is 3. The van der Waals surface area contributed by atoms with Gasteiger partial charge in [0, 0.05) is 25.5 Å². The van der Waals surface area contributed by atoms with Crippen molar-refractivity contribution < 1.29 is 9.21 Å². The third-order valence-corrected chi connectivity index (χ3v) is 3.09. The Morgan fingerprint density at radius 2 is 1.73 bits per heavy atom. The van der Waals surface area contributed by atoms with Gasteiger partial charge in [-0.15, -0.1) is 0 Å². The number of hydrogen-bond acceptors (Lipinski definition) is 4. The first-order valence-corrected chi connectivity index (χ1v) is 6.83. The van der Waals surface area contributed by atoms with Crippen molar-refractivity contribution in [2.45, 2.75) is 0 Å². The van der Waals surface area contributed by atoms with Crippen LogP contribution in [0.25, 0.3) is 11.1 Å². The minimum Gasteiger partial charge on any atom is -0.423 e. The quantitative estimate of drug-likeness (QED) is 0.773. The summed E-state index contributed by atoms with van der Waals surface area (Å²) in [5.41, 5.74) is 3.09. The summed E-state index contributed by atoms with van der Waals surface area (Å²) < 4.78 is 5.60. The van der Waals surface area contributed by atoms with Gasteiger partial charge in [0.2, 0.25) is 0 Å². The molecule has 0 aliphatic heterocycles. The van der Waals surface area contributed by atoms with E-state index in [4.69, 9.17) is 4.42 Å². The molecule has 22 heavy (non-hydrogen) atoms. The largest absolute Gasteiger partial charge is 0.423 e. The summed E-state index contributed by atoms with van der Waals surface area (Å²) in [7, 11) is 3.39. The Balaban J connectivity index is 1.71. The average Bonchev–Trinajstić information content (AvgIpc) is 2.91. The van der Waals surface area contributed by atoms with Crippen LogP contribution in [0.2, 0.25) is 0 Å². The maximum atomic E-state index is 11.6. The number of nitrogens with zero attached hydrogens (tertiary/aromatic N) is 2. The van der Waals surface area contributed by atoms with Crippen LogP contribution in [-0.4, -0.2) is 30.0 Å². The van der Waals surface area contributed by atoms with E-state index in [-0.39, 0.29) is 6.03 Å². The summed E-state index contributed by atoms with van der Waals surface area (Å²) in [6.45, 7) is 0. The lowest BCUT2D eigenvalue weighted by atomic mass is 10.3. The standard InChI is InChI=1S/C16H16N4O2/c1-20(2)16(21)18-12-9-7-11(8-10-12)17-15-19-13-5-3-4-6-14(13)22-15/h3-10H,1-2H3,(H,17,19)(H,18,21). The topological polar surface area (TPSA) is 70.4 Å². The van der Waals surface area contributed by atoms with E-state index < -0.39 is 0 Å². The monoisotopic (exact) mass is 296 g/mol. The van der Waals surface area contributed by atoms with Crippen molar-refractivity contribution >= 4 is 34.5 Å². The van der Waals surface area contributed by atoms with Gasteiger partial charge in [0.15, 0.2) is 5.58 Å². The number of carbonyl (C=O) groups is 1. The highest BCUT2D eigenvalue weighted by Crippen LogP contribution is 2.22. The molecule has 1 aromatic heterocycles.